The molecule has 0 saturated carbocycles. The van der Waals surface area contributed by atoms with E-state index in [0.29, 0.717) is 6.04 Å². The Kier molecular flexibility index (Phi) is 4.61. The Morgan fingerprint density at radius 3 is 3.10 bits per heavy atom. The van der Waals surface area contributed by atoms with Gasteiger partial charge in [-0.15, -0.1) is 0 Å². The third-order valence-corrected chi connectivity index (χ3v) is 4.29. The fourth-order valence-electron chi connectivity index (χ4n) is 3.07. The summed E-state index contributed by atoms with van der Waals surface area (Å²) in [5.41, 5.74) is 2.34. The van der Waals surface area contributed by atoms with E-state index in [2.05, 4.69) is 29.1 Å². The molecular formula is C17H21ClN2O. The minimum Gasteiger partial charge on any atom is -0.361 e. The molecule has 3 rings (SSSR count). The molecule has 3 nitrogen and oxygen atoms in total. The molecule has 0 N–H and O–H groups in total. The van der Waals surface area contributed by atoms with E-state index < -0.39 is 0 Å². The molecule has 0 amide bonds. The van der Waals surface area contributed by atoms with Crippen molar-refractivity contribution in [3.8, 4) is 0 Å². The van der Waals surface area contributed by atoms with Crippen LogP contribution < -0.4 is 0 Å². The van der Waals surface area contributed by atoms with Crippen molar-refractivity contribution >= 4 is 11.6 Å². The van der Waals surface area contributed by atoms with E-state index >= 15 is 0 Å². The van der Waals surface area contributed by atoms with Crippen molar-refractivity contribution in [2.24, 2.45) is 0 Å². The summed E-state index contributed by atoms with van der Waals surface area (Å²) in [7, 11) is 0. The van der Waals surface area contributed by atoms with Gasteiger partial charge in [0.05, 0.1) is 6.04 Å². The maximum Gasteiger partial charge on any atom is 0.137 e. The van der Waals surface area contributed by atoms with Crippen molar-refractivity contribution in [3.63, 3.8) is 0 Å². The minimum atomic E-state index is 0.373. The van der Waals surface area contributed by atoms with Gasteiger partial charge in [-0.1, -0.05) is 35.8 Å². The van der Waals surface area contributed by atoms with Gasteiger partial charge in [-0.25, -0.2) is 0 Å². The predicted octanol–water partition coefficient (Wildman–Crippen LogP) is 4.62. The van der Waals surface area contributed by atoms with Gasteiger partial charge >= 0.3 is 0 Å². The van der Waals surface area contributed by atoms with Crippen molar-refractivity contribution in [2.45, 2.75) is 45.2 Å². The average molecular weight is 305 g/mol. The third kappa shape index (κ3) is 3.47. The second kappa shape index (κ2) is 6.63. The molecule has 21 heavy (non-hydrogen) atoms. The van der Waals surface area contributed by atoms with Crippen molar-refractivity contribution in [2.75, 3.05) is 6.54 Å². The molecule has 0 spiro atoms. The number of likely N-dealkylation sites (tertiary alicyclic amines) is 1. The van der Waals surface area contributed by atoms with Crippen LogP contribution in [0.15, 0.2) is 34.9 Å². The van der Waals surface area contributed by atoms with Crippen molar-refractivity contribution in [1.29, 1.82) is 0 Å². The van der Waals surface area contributed by atoms with Gasteiger partial charge in [-0.2, -0.15) is 0 Å². The van der Waals surface area contributed by atoms with E-state index in [4.69, 9.17) is 16.1 Å². The molecule has 0 bridgehead atoms. The molecule has 0 radical (unpaired) electrons. The summed E-state index contributed by atoms with van der Waals surface area (Å²) in [5.74, 6) is 1.00. The summed E-state index contributed by atoms with van der Waals surface area (Å²) in [4.78, 5) is 2.47. The van der Waals surface area contributed by atoms with Crippen LogP contribution in [0.25, 0.3) is 0 Å². The van der Waals surface area contributed by atoms with Crippen LogP contribution in [0.5, 0.6) is 0 Å². The second-order valence-electron chi connectivity index (χ2n) is 5.73. The molecule has 2 aromatic rings. The summed E-state index contributed by atoms with van der Waals surface area (Å²) in [5, 5.41) is 5.08. The average Bonchev–Trinajstić information content (AvgIpc) is 3.08. The number of aromatic nitrogens is 1. The van der Waals surface area contributed by atoms with E-state index in [1.165, 1.54) is 12.0 Å². The van der Waals surface area contributed by atoms with Crippen molar-refractivity contribution in [3.05, 3.63) is 52.4 Å². The highest BCUT2D eigenvalue weighted by atomic mass is 35.5. The first-order valence-corrected chi connectivity index (χ1v) is 8.08. The Hall–Kier alpha value is -1.32. The van der Waals surface area contributed by atoms with Gasteiger partial charge in [-0.3, -0.25) is 4.90 Å². The highest BCUT2D eigenvalue weighted by molar-refractivity contribution is 6.30. The molecule has 1 fully saturated rings. The number of hydrogen-bond donors (Lipinski definition) is 0. The number of halogens is 1. The fraction of sp³-hybridized carbons (Fsp3) is 0.471. The van der Waals surface area contributed by atoms with Crippen LogP contribution in [0, 0.1) is 0 Å². The quantitative estimate of drug-likeness (QED) is 0.807. The normalized spacial score (nSPS) is 19.2. The fourth-order valence-corrected chi connectivity index (χ4v) is 3.28. The topological polar surface area (TPSA) is 29.3 Å². The number of aryl methyl sites for hydroxylation is 1. The van der Waals surface area contributed by atoms with Gasteiger partial charge in [0.25, 0.3) is 0 Å². The van der Waals surface area contributed by atoms with Crippen LogP contribution in [-0.2, 0) is 13.0 Å². The van der Waals surface area contributed by atoms with Crippen LogP contribution in [0.4, 0.5) is 0 Å². The molecule has 0 unspecified atom stereocenters. The van der Waals surface area contributed by atoms with E-state index in [1.54, 1.807) is 0 Å². The van der Waals surface area contributed by atoms with E-state index in [9.17, 15) is 0 Å². The molecule has 0 aliphatic carbocycles. The van der Waals surface area contributed by atoms with Gasteiger partial charge in [0.1, 0.15) is 11.5 Å². The number of rotatable bonds is 5. The lowest BCUT2D eigenvalue weighted by molar-refractivity contribution is 0.236. The maximum absolute atomic E-state index is 6.08. The first kappa shape index (κ1) is 14.6. The summed E-state index contributed by atoms with van der Waals surface area (Å²) < 4.78 is 5.44. The number of benzene rings is 1. The summed E-state index contributed by atoms with van der Waals surface area (Å²) >= 11 is 6.08. The summed E-state index contributed by atoms with van der Waals surface area (Å²) in [6, 6.07) is 10.6. The van der Waals surface area contributed by atoms with Crippen LogP contribution in [0.2, 0.25) is 5.02 Å². The van der Waals surface area contributed by atoms with Crippen LogP contribution in [-0.4, -0.2) is 16.6 Å². The van der Waals surface area contributed by atoms with E-state index in [-0.39, 0.29) is 0 Å². The van der Waals surface area contributed by atoms with Crippen LogP contribution in [0.3, 0.4) is 0 Å². The zero-order valence-electron chi connectivity index (χ0n) is 12.4. The lowest BCUT2D eigenvalue weighted by atomic mass is 10.1. The molecule has 1 aromatic carbocycles. The van der Waals surface area contributed by atoms with E-state index in [1.807, 2.05) is 18.2 Å². The summed E-state index contributed by atoms with van der Waals surface area (Å²) in [6.07, 6.45) is 4.42. The lowest BCUT2D eigenvalue weighted by Gasteiger charge is -2.22. The van der Waals surface area contributed by atoms with Crippen LogP contribution >= 0.6 is 11.6 Å². The molecular weight excluding hydrogens is 284 g/mol. The largest absolute Gasteiger partial charge is 0.361 e. The number of hydrogen-bond acceptors (Lipinski definition) is 3. The van der Waals surface area contributed by atoms with Gasteiger partial charge in [0.15, 0.2) is 0 Å². The molecule has 2 heterocycles. The molecule has 4 heteroatoms. The standard InChI is InChI=1S/C17H21ClN2O/c1-2-5-15-11-16(19-21-15)17-8-4-9-20(17)12-13-6-3-7-14(18)10-13/h3,6-7,10-11,17H,2,4-5,8-9,12H2,1H3/t17-/m0/s1. The Morgan fingerprint density at radius 1 is 1.38 bits per heavy atom. The van der Waals surface area contributed by atoms with Crippen LogP contribution in [0.1, 0.15) is 49.2 Å². The predicted molar refractivity (Wildman–Crippen MR) is 84.3 cm³/mol. The zero-order valence-corrected chi connectivity index (χ0v) is 13.1. The third-order valence-electron chi connectivity index (χ3n) is 4.05. The molecule has 1 aliphatic rings. The Balaban J connectivity index is 1.72. The van der Waals surface area contributed by atoms with E-state index in [0.717, 1.165) is 48.8 Å². The monoisotopic (exact) mass is 304 g/mol. The minimum absolute atomic E-state index is 0.373. The van der Waals surface area contributed by atoms with Gasteiger partial charge < -0.3 is 4.52 Å². The molecule has 1 aromatic heterocycles. The highest BCUT2D eigenvalue weighted by Gasteiger charge is 2.28. The molecule has 1 atom stereocenters. The maximum atomic E-state index is 6.08. The first-order valence-electron chi connectivity index (χ1n) is 7.70. The summed E-state index contributed by atoms with van der Waals surface area (Å²) in [6.45, 7) is 4.18. The Morgan fingerprint density at radius 2 is 2.29 bits per heavy atom. The van der Waals surface area contributed by atoms with Gasteiger partial charge in [0.2, 0.25) is 0 Å². The van der Waals surface area contributed by atoms with Gasteiger partial charge in [-0.05, 0) is 43.5 Å². The zero-order chi connectivity index (χ0) is 14.7. The van der Waals surface area contributed by atoms with Gasteiger partial charge in [0, 0.05) is 24.1 Å². The molecule has 1 aliphatic heterocycles. The lowest BCUT2D eigenvalue weighted by Crippen LogP contribution is -2.22. The Labute approximate surface area is 130 Å². The molecule has 1 saturated heterocycles. The number of nitrogens with zero attached hydrogens (tertiary/aromatic N) is 2. The Bertz CT molecular complexity index is 596. The second-order valence-corrected chi connectivity index (χ2v) is 6.16. The highest BCUT2D eigenvalue weighted by Crippen LogP contribution is 2.33. The SMILES string of the molecule is CCCc1cc([C@@H]2CCCN2Cc2cccc(Cl)c2)no1. The first-order chi connectivity index (χ1) is 10.3. The smallest absolute Gasteiger partial charge is 0.137 e. The van der Waals surface area contributed by atoms with Crippen molar-refractivity contribution in [1.82, 2.24) is 10.1 Å². The molecule has 112 valence electrons. The van der Waals surface area contributed by atoms with Crippen molar-refractivity contribution < 1.29 is 4.52 Å².